The number of aryl methyl sites for hydroxylation is 1. The predicted octanol–water partition coefficient (Wildman–Crippen LogP) is 12.0. The molecule has 0 aromatic carbocycles. The second-order valence-electron chi connectivity index (χ2n) is 19.6. The standard InChI is InChI=1S/C42H73NO4SSi2/c1-29(16-14-18-37(45)39-43-30(2)38(48-39)23-25-44)35-21-22-36-32(17-15-24-42(35,36)9)20-19-31-26-33(46-49(10,11)40(3,4)5)28-34(27-31)47-50(12,13)41(6,7)8/h19-20,29,33-36,44H,14-18,21-28H2,1-13H3/b32-20+/t29-,33-,34-,35-,36+,42-/m1/s1. The number of Topliss-reactive ketones (excluding diaryl/α,β-unsaturated/α-hetero) is 1. The molecule has 1 heterocycles. The second kappa shape index (κ2) is 16.2. The summed E-state index contributed by atoms with van der Waals surface area (Å²) in [5.74, 6) is 2.14. The van der Waals surface area contributed by atoms with Crippen molar-refractivity contribution in [1.29, 1.82) is 0 Å². The van der Waals surface area contributed by atoms with Crippen molar-refractivity contribution >= 4 is 33.8 Å². The highest BCUT2D eigenvalue weighted by atomic mass is 32.1. The van der Waals surface area contributed by atoms with E-state index in [2.05, 4.69) is 98.7 Å². The van der Waals surface area contributed by atoms with Gasteiger partial charge in [0.2, 0.25) is 0 Å². The van der Waals surface area contributed by atoms with Crippen molar-refractivity contribution in [2.24, 2.45) is 23.2 Å². The molecule has 0 unspecified atom stereocenters. The molecule has 50 heavy (non-hydrogen) atoms. The molecule has 1 aromatic rings. The summed E-state index contributed by atoms with van der Waals surface area (Å²) in [7, 11) is -3.81. The Hall–Kier alpha value is -0.906. The van der Waals surface area contributed by atoms with E-state index in [0.717, 1.165) is 42.7 Å². The van der Waals surface area contributed by atoms with Crippen molar-refractivity contribution in [2.75, 3.05) is 6.61 Å². The van der Waals surface area contributed by atoms with Crippen LogP contribution in [0.5, 0.6) is 0 Å². The lowest BCUT2D eigenvalue weighted by atomic mass is 9.60. The minimum atomic E-state index is -1.90. The summed E-state index contributed by atoms with van der Waals surface area (Å²) in [6, 6.07) is 0. The van der Waals surface area contributed by atoms with Crippen LogP contribution in [0.25, 0.3) is 0 Å². The fourth-order valence-corrected chi connectivity index (χ4v) is 12.6. The maximum absolute atomic E-state index is 13.0. The first-order chi connectivity index (χ1) is 23.1. The summed E-state index contributed by atoms with van der Waals surface area (Å²) >= 11 is 1.47. The maximum Gasteiger partial charge on any atom is 0.192 e. The molecule has 284 valence electrons. The van der Waals surface area contributed by atoms with Gasteiger partial charge in [-0.15, -0.1) is 11.3 Å². The van der Waals surface area contributed by atoms with Crippen LogP contribution in [0.1, 0.15) is 146 Å². The molecular formula is C42H73NO4SSi2. The van der Waals surface area contributed by atoms with Gasteiger partial charge in [-0.3, -0.25) is 4.79 Å². The Morgan fingerprint density at radius 2 is 1.62 bits per heavy atom. The van der Waals surface area contributed by atoms with Crippen LogP contribution in [0, 0.1) is 30.1 Å². The van der Waals surface area contributed by atoms with E-state index in [9.17, 15) is 9.90 Å². The van der Waals surface area contributed by atoms with Gasteiger partial charge in [0.05, 0.1) is 17.9 Å². The quantitative estimate of drug-likeness (QED) is 0.161. The Morgan fingerprint density at radius 3 is 2.18 bits per heavy atom. The van der Waals surface area contributed by atoms with Gasteiger partial charge in [0.25, 0.3) is 0 Å². The van der Waals surface area contributed by atoms with E-state index < -0.39 is 16.6 Å². The van der Waals surface area contributed by atoms with Crippen molar-refractivity contribution in [1.82, 2.24) is 4.98 Å². The number of nitrogens with zero attached hydrogens (tertiary/aromatic N) is 1. The third kappa shape index (κ3) is 9.79. The zero-order valence-electron chi connectivity index (χ0n) is 34.3. The second-order valence-corrected chi connectivity index (χ2v) is 30.2. The zero-order chi connectivity index (χ0) is 37.3. The molecule has 3 aliphatic carbocycles. The number of carbonyl (C=O) groups excluding carboxylic acids is 1. The Bertz CT molecular complexity index is 1340. The fourth-order valence-electron chi connectivity index (χ4n) is 8.84. The zero-order valence-corrected chi connectivity index (χ0v) is 37.1. The normalized spacial score (nSPS) is 28.2. The summed E-state index contributed by atoms with van der Waals surface area (Å²) < 4.78 is 14.2. The highest BCUT2D eigenvalue weighted by Crippen LogP contribution is 2.60. The molecule has 3 saturated carbocycles. The first kappa shape index (κ1) is 41.8. The van der Waals surface area contributed by atoms with Crippen LogP contribution >= 0.6 is 11.3 Å². The highest BCUT2D eigenvalue weighted by molar-refractivity contribution is 7.13. The molecule has 0 bridgehead atoms. The largest absolute Gasteiger partial charge is 0.414 e. The van der Waals surface area contributed by atoms with E-state index in [0.29, 0.717) is 41.0 Å². The molecule has 6 atom stereocenters. The van der Waals surface area contributed by atoms with Gasteiger partial charge < -0.3 is 14.0 Å². The minimum Gasteiger partial charge on any atom is -0.414 e. The molecule has 8 heteroatoms. The van der Waals surface area contributed by atoms with Crippen LogP contribution < -0.4 is 0 Å². The first-order valence-corrected chi connectivity index (χ1v) is 26.6. The molecule has 0 aliphatic heterocycles. The van der Waals surface area contributed by atoms with Crippen molar-refractivity contribution in [2.45, 2.75) is 188 Å². The molecule has 4 rings (SSSR count). The van der Waals surface area contributed by atoms with Crippen LogP contribution in [0.15, 0.2) is 23.3 Å². The number of allylic oxidation sites excluding steroid dienone is 3. The van der Waals surface area contributed by atoms with E-state index in [1.807, 2.05) is 6.92 Å². The number of aliphatic hydroxyl groups excluding tert-OH is 1. The van der Waals surface area contributed by atoms with Crippen molar-refractivity contribution < 1.29 is 18.8 Å². The fraction of sp³-hybridized carbons (Fsp3) is 0.810. The Morgan fingerprint density at radius 1 is 1.02 bits per heavy atom. The molecule has 0 radical (unpaired) electrons. The molecule has 3 aliphatic rings. The Kier molecular flexibility index (Phi) is 13.6. The summed E-state index contributed by atoms with van der Waals surface area (Å²) in [5.41, 5.74) is 4.41. The smallest absolute Gasteiger partial charge is 0.192 e. The third-order valence-electron chi connectivity index (χ3n) is 13.8. The summed E-state index contributed by atoms with van der Waals surface area (Å²) in [6.07, 6.45) is 18.1. The van der Waals surface area contributed by atoms with E-state index >= 15 is 0 Å². The highest BCUT2D eigenvalue weighted by Gasteiger charge is 2.50. The summed E-state index contributed by atoms with van der Waals surface area (Å²) in [4.78, 5) is 18.5. The van der Waals surface area contributed by atoms with Crippen molar-refractivity contribution in [3.05, 3.63) is 38.9 Å². The lowest BCUT2D eigenvalue weighted by Gasteiger charge is -2.45. The summed E-state index contributed by atoms with van der Waals surface area (Å²) in [6.45, 7) is 30.8. The Balaban J connectivity index is 1.45. The van der Waals surface area contributed by atoms with Crippen molar-refractivity contribution in [3.8, 4) is 0 Å². The number of hydrogen-bond donors (Lipinski definition) is 1. The van der Waals surface area contributed by atoms with E-state index in [4.69, 9.17) is 8.85 Å². The molecule has 3 fully saturated rings. The number of carbonyl (C=O) groups is 1. The van der Waals surface area contributed by atoms with Crippen LogP contribution in [0.2, 0.25) is 36.3 Å². The molecule has 5 nitrogen and oxygen atoms in total. The van der Waals surface area contributed by atoms with Gasteiger partial charge in [-0.2, -0.15) is 0 Å². The summed E-state index contributed by atoms with van der Waals surface area (Å²) in [5, 5.41) is 10.3. The van der Waals surface area contributed by atoms with E-state index in [1.54, 1.807) is 5.57 Å². The van der Waals surface area contributed by atoms with Gasteiger partial charge in [0.15, 0.2) is 27.4 Å². The third-order valence-corrected chi connectivity index (χ3v) is 24.2. The number of aliphatic hydroxyl groups is 1. The topological polar surface area (TPSA) is 68.7 Å². The number of hydrogen-bond acceptors (Lipinski definition) is 6. The van der Waals surface area contributed by atoms with Gasteiger partial charge in [0.1, 0.15) is 0 Å². The predicted molar refractivity (Wildman–Crippen MR) is 217 cm³/mol. The number of aromatic nitrogens is 1. The molecule has 0 spiro atoms. The van der Waals surface area contributed by atoms with Gasteiger partial charge in [0, 0.05) is 24.3 Å². The molecule has 0 saturated heterocycles. The first-order valence-electron chi connectivity index (χ1n) is 19.9. The van der Waals surface area contributed by atoms with Crippen LogP contribution in [0.3, 0.4) is 0 Å². The minimum absolute atomic E-state index is 0.101. The van der Waals surface area contributed by atoms with Crippen LogP contribution in [0.4, 0.5) is 0 Å². The van der Waals surface area contributed by atoms with Gasteiger partial charge in [-0.05, 0) is 131 Å². The van der Waals surface area contributed by atoms with Crippen LogP contribution in [-0.4, -0.2) is 51.3 Å². The number of fused-ring (bicyclic) bond motifs is 1. The molecular weight excluding hydrogens is 671 g/mol. The monoisotopic (exact) mass is 743 g/mol. The number of rotatable bonds is 13. The van der Waals surface area contributed by atoms with Crippen molar-refractivity contribution in [3.63, 3.8) is 0 Å². The maximum atomic E-state index is 13.0. The Labute approximate surface area is 312 Å². The van der Waals surface area contributed by atoms with Crippen LogP contribution in [-0.2, 0) is 15.3 Å². The van der Waals surface area contributed by atoms with E-state index in [1.165, 1.54) is 49.0 Å². The lowest BCUT2D eigenvalue weighted by molar-refractivity contribution is 0.0724. The average Bonchev–Trinajstić information content (AvgIpc) is 3.54. The van der Waals surface area contributed by atoms with Gasteiger partial charge in [-0.1, -0.05) is 78.7 Å². The van der Waals surface area contributed by atoms with Gasteiger partial charge >= 0.3 is 0 Å². The number of ketones is 1. The molecule has 0 amide bonds. The molecule has 1 aromatic heterocycles. The van der Waals surface area contributed by atoms with Gasteiger partial charge in [-0.25, -0.2) is 4.98 Å². The lowest BCUT2D eigenvalue weighted by Crippen LogP contribution is -2.48. The number of thiazole rings is 1. The van der Waals surface area contributed by atoms with E-state index in [-0.39, 0.29) is 34.7 Å². The molecule has 1 N–H and O–H groups in total. The SMILES string of the molecule is Cc1nc(C(=O)CCC[C@@H](C)[C@H]2CC[C@H]3/C(=C/C=C4C[C@@H](O[Si](C)(C)C(C)(C)C)C[C@H](O[Si](C)(C)C(C)(C)C)C4)CCC[C@]23C)sc1CCO. The average molecular weight is 744 g/mol.